The van der Waals surface area contributed by atoms with Crippen molar-refractivity contribution in [1.29, 1.82) is 5.26 Å². The standard InChI is InChI=1S/C20H23N5O/c1-12(2)18-17-16(15(11-21)19(22)26-20(17)24-23-18)13-5-7-14(8-6-13)25-9-3-4-10-25/h5-8,12,16H,3-4,9-10,22H2,1-2H3,(H,23,24). The van der Waals surface area contributed by atoms with Crippen molar-refractivity contribution in [3.63, 3.8) is 0 Å². The molecule has 3 heterocycles. The Morgan fingerprint density at radius 2 is 1.96 bits per heavy atom. The molecule has 2 aliphatic heterocycles. The molecule has 134 valence electrons. The third-order valence-electron chi connectivity index (χ3n) is 5.24. The molecule has 6 heteroatoms. The summed E-state index contributed by atoms with van der Waals surface area (Å²) in [6.07, 6.45) is 2.49. The number of hydrogen-bond donors (Lipinski definition) is 2. The lowest BCUT2D eigenvalue weighted by Crippen LogP contribution is -2.22. The maximum Gasteiger partial charge on any atom is 0.244 e. The number of allylic oxidation sites excluding steroid dienone is 1. The van der Waals surface area contributed by atoms with Gasteiger partial charge in [0.25, 0.3) is 0 Å². The fraction of sp³-hybridized carbons (Fsp3) is 0.400. The molecule has 1 atom stereocenters. The van der Waals surface area contributed by atoms with Crippen LogP contribution in [0.2, 0.25) is 0 Å². The van der Waals surface area contributed by atoms with Gasteiger partial charge in [-0.3, -0.25) is 5.10 Å². The average Bonchev–Trinajstić information content (AvgIpc) is 3.30. The summed E-state index contributed by atoms with van der Waals surface area (Å²) in [6, 6.07) is 10.7. The molecule has 0 bridgehead atoms. The topological polar surface area (TPSA) is 91.0 Å². The Labute approximate surface area is 153 Å². The minimum absolute atomic E-state index is 0.135. The van der Waals surface area contributed by atoms with Crippen LogP contribution in [0.3, 0.4) is 0 Å². The van der Waals surface area contributed by atoms with Crippen LogP contribution in [0.15, 0.2) is 35.7 Å². The molecule has 1 fully saturated rings. The third kappa shape index (κ3) is 2.60. The van der Waals surface area contributed by atoms with E-state index in [-0.39, 0.29) is 17.7 Å². The second-order valence-corrected chi connectivity index (χ2v) is 7.22. The Bertz CT molecular complexity index is 882. The highest BCUT2D eigenvalue weighted by atomic mass is 16.5. The second-order valence-electron chi connectivity index (χ2n) is 7.22. The number of nitrogens with two attached hydrogens (primary N) is 1. The molecule has 0 aliphatic carbocycles. The van der Waals surface area contributed by atoms with Crippen LogP contribution in [0.4, 0.5) is 5.69 Å². The lowest BCUT2D eigenvalue weighted by atomic mass is 9.82. The summed E-state index contributed by atoms with van der Waals surface area (Å²) in [5.74, 6) is 0.585. The van der Waals surface area contributed by atoms with Gasteiger partial charge in [-0.05, 0) is 36.5 Å². The lowest BCUT2D eigenvalue weighted by molar-refractivity contribution is 0.378. The van der Waals surface area contributed by atoms with E-state index in [1.807, 2.05) is 0 Å². The Balaban J connectivity index is 1.79. The number of fused-ring (bicyclic) bond motifs is 1. The molecule has 2 aliphatic rings. The summed E-state index contributed by atoms with van der Waals surface area (Å²) in [6.45, 7) is 6.40. The van der Waals surface area contributed by atoms with Crippen LogP contribution in [0, 0.1) is 11.3 Å². The summed E-state index contributed by atoms with van der Waals surface area (Å²) >= 11 is 0. The highest BCUT2D eigenvalue weighted by molar-refractivity contribution is 5.58. The SMILES string of the molecule is CC(C)c1[nH]nc2c1C(c1ccc(N3CCCC3)cc1)C(C#N)=C(N)O2. The monoisotopic (exact) mass is 349 g/mol. The average molecular weight is 349 g/mol. The van der Waals surface area contributed by atoms with Crippen LogP contribution in [-0.4, -0.2) is 23.3 Å². The first-order valence-corrected chi connectivity index (χ1v) is 9.10. The number of ether oxygens (including phenoxy) is 1. The number of aromatic amines is 1. The van der Waals surface area contributed by atoms with Gasteiger partial charge in [-0.25, -0.2) is 0 Å². The number of aromatic nitrogens is 2. The van der Waals surface area contributed by atoms with Crippen LogP contribution in [-0.2, 0) is 0 Å². The molecular weight excluding hydrogens is 326 g/mol. The summed E-state index contributed by atoms with van der Waals surface area (Å²) in [5, 5.41) is 17.0. The van der Waals surface area contributed by atoms with E-state index in [4.69, 9.17) is 10.5 Å². The third-order valence-corrected chi connectivity index (χ3v) is 5.24. The van der Waals surface area contributed by atoms with E-state index in [1.165, 1.54) is 18.5 Å². The summed E-state index contributed by atoms with van der Waals surface area (Å²) in [4.78, 5) is 2.39. The van der Waals surface area contributed by atoms with E-state index in [9.17, 15) is 5.26 Å². The van der Waals surface area contributed by atoms with Crippen LogP contribution in [0.5, 0.6) is 5.88 Å². The van der Waals surface area contributed by atoms with Crippen LogP contribution in [0.25, 0.3) is 0 Å². The number of nitrogens with zero attached hydrogens (tertiary/aromatic N) is 3. The molecule has 1 aromatic carbocycles. The molecule has 1 saturated heterocycles. The number of rotatable bonds is 3. The van der Waals surface area contributed by atoms with Gasteiger partial charge in [0, 0.05) is 24.5 Å². The molecular formula is C20H23N5O. The maximum absolute atomic E-state index is 9.71. The van der Waals surface area contributed by atoms with Crippen molar-refractivity contribution < 1.29 is 4.74 Å². The smallest absolute Gasteiger partial charge is 0.244 e. The first-order valence-electron chi connectivity index (χ1n) is 9.10. The van der Waals surface area contributed by atoms with Gasteiger partial charge >= 0.3 is 0 Å². The Hall–Kier alpha value is -2.94. The van der Waals surface area contributed by atoms with E-state index in [1.54, 1.807) is 0 Å². The van der Waals surface area contributed by atoms with Crippen LogP contribution < -0.4 is 15.4 Å². The quantitative estimate of drug-likeness (QED) is 0.887. The van der Waals surface area contributed by atoms with Crippen molar-refractivity contribution in [2.75, 3.05) is 18.0 Å². The zero-order valence-electron chi connectivity index (χ0n) is 15.1. The van der Waals surface area contributed by atoms with Gasteiger partial charge in [-0.1, -0.05) is 26.0 Å². The predicted molar refractivity (Wildman–Crippen MR) is 99.9 cm³/mol. The van der Waals surface area contributed by atoms with Gasteiger partial charge in [-0.2, -0.15) is 5.26 Å². The van der Waals surface area contributed by atoms with Crippen LogP contribution in [0.1, 0.15) is 55.3 Å². The van der Waals surface area contributed by atoms with Crippen molar-refractivity contribution in [2.45, 2.75) is 38.5 Å². The van der Waals surface area contributed by atoms with Crippen molar-refractivity contribution in [3.05, 3.63) is 52.5 Å². The number of nitrogens with one attached hydrogen (secondary N) is 1. The molecule has 0 radical (unpaired) electrons. The normalized spacial score (nSPS) is 19.5. The fourth-order valence-corrected chi connectivity index (χ4v) is 3.90. The van der Waals surface area contributed by atoms with Crippen molar-refractivity contribution >= 4 is 5.69 Å². The van der Waals surface area contributed by atoms with Crippen molar-refractivity contribution in [3.8, 4) is 11.9 Å². The highest BCUT2D eigenvalue weighted by Gasteiger charge is 2.35. The van der Waals surface area contributed by atoms with Crippen molar-refractivity contribution in [2.24, 2.45) is 5.73 Å². The summed E-state index contributed by atoms with van der Waals surface area (Å²) < 4.78 is 5.61. The van der Waals surface area contributed by atoms with Gasteiger partial charge in [0.1, 0.15) is 11.6 Å². The van der Waals surface area contributed by atoms with Gasteiger partial charge in [0.15, 0.2) is 0 Å². The first-order chi connectivity index (χ1) is 12.6. The Morgan fingerprint density at radius 1 is 1.27 bits per heavy atom. The minimum atomic E-state index is -0.257. The number of anilines is 1. The number of nitriles is 1. The zero-order valence-corrected chi connectivity index (χ0v) is 15.1. The van der Waals surface area contributed by atoms with Gasteiger partial charge in [0.05, 0.1) is 11.5 Å². The molecule has 6 nitrogen and oxygen atoms in total. The van der Waals surface area contributed by atoms with Gasteiger partial charge in [-0.15, -0.1) is 5.10 Å². The van der Waals surface area contributed by atoms with Gasteiger partial charge in [0.2, 0.25) is 11.8 Å². The Morgan fingerprint density at radius 3 is 2.58 bits per heavy atom. The number of hydrogen-bond acceptors (Lipinski definition) is 5. The zero-order chi connectivity index (χ0) is 18.3. The molecule has 0 amide bonds. The van der Waals surface area contributed by atoms with Gasteiger partial charge < -0.3 is 15.4 Å². The predicted octanol–water partition coefficient (Wildman–Crippen LogP) is 3.35. The molecule has 1 aromatic heterocycles. The molecule has 4 rings (SSSR count). The molecule has 0 saturated carbocycles. The first kappa shape index (κ1) is 16.5. The number of H-pyrrole nitrogens is 1. The summed E-state index contributed by atoms with van der Waals surface area (Å²) in [5.41, 5.74) is 10.6. The fourth-order valence-electron chi connectivity index (χ4n) is 3.90. The van der Waals surface area contributed by atoms with E-state index in [0.717, 1.165) is 29.9 Å². The van der Waals surface area contributed by atoms with E-state index >= 15 is 0 Å². The molecule has 3 N–H and O–H groups in total. The van der Waals surface area contributed by atoms with E-state index in [0.29, 0.717) is 11.5 Å². The van der Waals surface area contributed by atoms with E-state index < -0.39 is 0 Å². The second kappa shape index (κ2) is 6.41. The maximum atomic E-state index is 9.71. The van der Waals surface area contributed by atoms with Crippen molar-refractivity contribution in [1.82, 2.24) is 10.2 Å². The van der Waals surface area contributed by atoms with E-state index in [2.05, 4.69) is 59.3 Å². The van der Waals surface area contributed by atoms with Crippen LogP contribution >= 0.6 is 0 Å². The minimum Gasteiger partial charge on any atom is -0.420 e. The molecule has 26 heavy (non-hydrogen) atoms. The lowest BCUT2D eigenvalue weighted by Gasteiger charge is -2.25. The summed E-state index contributed by atoms with van der Waals surface area (Å²) in [7, 11) is 0. The number of benzene rings is 1. The Kier molecular flexibility index (Phi) is 4.08. The molecule has 1 unspecified atom stereocenters. The molecule has 0 spiro atoms. The molecule has 2 aromatic rings. The highest BCUT2D eigenvalue weighted by Crippen LogP contribution is 2.44. The largest absolute Gasteiger partial charge is 0.420 e.